The van der Waals surface area contributed by atoms with Gasteiger partial charge in [-0.05, 0) is 17.7 Å². The van der Waals surface area contributed by atoms with Gasteiger partial charge in [0, 0.05) is 19.6 Å². The van der Waals surface area contributed by atoms with Crippen molar-refractivity contribution in [1.82, 2.24) is 4.90 Å². The molecule has 2 atom stereocenters. The summed E-state index contributed by atoms with van der Waals surface area (Å²) < 4.78 is 5.37. The molecule has 102 valence electrons. The molecule has 2 unspecified atom stereocenters. The van der Waals surface area contributed by atoms with E-state index >= 15 is 0 Å². The lowest BCUT2D eigenvalue weighted by atomic mass is 10.1. The van der Waals surface area contributed by atoms with Crippen molar-refractivity contribution in [3.8, 4) is 6.07 Å². The fourth-order valence-electron chi connectivity index (χ4n) is 2.19. The zero-order valence-electron chi connectivity index (χ0n) is 10.7. The Kier molecular flexibility index (Phi) is 4.88. The van der Waals surface area contributed by atoms with Crippen LogP contribution in [-0.2, 0) is 4.74 Å². The number of benzene rings is 1. The molecule has 0 aliphatic carbocycles. The van der Waals surface area contributed by atoms with Crippen molar-refractivity contribution in [1.29, 1.82) is 5.26 Å². The maximum Gasteiger partial charge on any atom is 0.0991 e. The summed E-state index contributed by atoms with van der Waals surface area (Å²) in [4.78, 5) is 2.08. The Morgan fingerprint density at radius 1 is 1.42 bits per heavy atom. The van der Waals surface area contributed by atoms with Gasteiger partial charge in [0.15, 0.2) is 0 Å². The van der Waals surface area contributed by atoms with E-state index in [0.717, 1.165) is 12.1 Å². The second-order valence-corrected chi connectivity index (χ2v) is 4.68. The first-order valence-electron chi connectivity index (χ1n) is 6.36. The van der Waals surface area contributed by atoms with Crippen molar-refractivity contribution >= 4 is 0 Å². The van der Waals surface area contributed by atoms with Crippen LogP contribution in [0.2, 0.25) is 0 Å². The quantitative estimate of drug-likeness (QED) is 0.815. The number of nitriles is 1. The van der Waals surface area contributed by atoms with Crippen LogP contribution >= 0.6 is 0 Å². The van der Waals surface area contributed by atoms with Crippen LogP contribution in [0, 0.1) is 11.3 Å². The predicted molar refractivity (Wildman–Crippen MR) is 69.4 cm³/mol. The summed E-state index contributed by atoms with van der Waals surface area (Å²) in [6.07, 6.45) is -0.757. The molecule has 1 aliphatic heterocycles. The van der Waals surface area contributed by atoms with Crippen molar-refractivity contribution in [3.63, 3.8) is 0 Å². The molecule has 1 heterocycles. The van der Waals surface area contributed by atoms with Gasteiger partial charge < -0.3 is 14.9 Å². The van der Waals surface area contributed by atoms with Crippen molar-refractivity contribution in [2.45, 2.75) is 12.2 Å². The van der Waals surface area contributed by atoms with E-state index in [2.05, 4.69) is 11.0 Å². The Morgan fingerprint density at radius 2 is 2.16 bits per heavy atom. The number of rotatable bonds is 4. The van der Waals surface area contributed by atoms with E-state index in [-0.39, 0.29) is 12.7 Å². The first-order chi connectivity index (χ1) is 9.22. The SMILES string of the molecule is N#Cc1ccc(C(O)CN2CCOC(CO)C2)cc1. The first-order valence-corrected chi connectivity index (χ1v) is 6.36. The number of nitrogens with zero attached hydrogens (tertiary/aromatic N) is 2. The van der Waals surface area contributed by atoms with Crippen LogP contribution < -0.4 is 0 Å². The molecule has 5 heteroatoms. The highest BCUT2D eigenvalue weighted by Crippen LogP contribution is 2.16. The van der Waals surface area contributed by atoms with Gasteiger partial charge in [0.25, 0.3) is 0 Å². The highest BCUT2D eigenvalue weighted by atomic mass is 16.5. The highest BCUT2D eigenvalue weighted by molar-refractivity contribution is 5.32. The third kappa shape index (κ3) is 3.75. The molecule has 1 aromatic carbocycles. The predicted octanol–water partition coefficient (Wildman–Crippen LogP) is 0.285. The van der Waals surface area contributed by atoms with Gasteiger partial charge in [-0.1, -0.05) is 12.1 Å². The van der Waals surface area contributed by atoms with Crippen molar-refractivity contribution < 1.29 is 14.9 Å². The van der Waals surface area contributed by atoms with Gasteiger partial charge in [-0.3, -0.25) is 4.90 Å². The standard InChI is InChI=1S/C14H18N2O3/c15-7-11-1-3-12(4-2-11)14(18)9-16-5-6-19-13(8-16)10-17/h1-4,13-14,17-18H,5-6,8-10H2. The molecule has 2 N–H and O–H groups in total. The van der Waals surface area contributed by atoms with Gasteiger partial charge in [0.05, 0.1) is 37.1 Å². The summed E-state index contributed by atoms with van der Waals surface area (Å²) in [6.45, 7) is 2.47. The van der Waals surface area contributed by atoms with E-state index in [9.17, 15) is 5.11 Å². The monoisotopic (exact) mass is 262 g/mol. The molecule has 1 fully saturated rings. The Balaban J connectivity index is 1.92. The fourth-order valence-corrected chi connectivity index (χ4v) is 2.19. The van der Waals surface area contributed by atoms with Crippen molar-refractivity contribution in [2.24, 2.45) is 0 Å². The molecule has 19 heavy (non-hydrogen) atoms. The summed E-state index contributed by atoms with van der Waals surface area (Å²) in [5, 5.41) is 28.0. The Bertz CT molecular complexity index is 441. The minimum absolute atomic E-state index is 0.00343. The lowest BCUT2D eigenvalue weighted by Crippen LogP contribution is -2.45. The lowest BCUT2D eigenvalue weighted by Gasteiger charge is -2.33. The number of ether oxygens (including phenoxy) is 1. The average molecular weight is 262 g/mol. The molecule has 0 aromatic heterocycles. The molecule has 1 aliphatic rings. The molecule has 1 saturated heterocycles. The Labute approximate surface area is 112 Å². The third-order valence-corrected chi connectivity index (χ3v) is 3.28. The minimum Gasteiger partial charge on any atom is -0.394 e. The molecular formula is C14H18N2O3. The summed E-state index contributed by atoms with van der Waals surface area (Å²) in [7, 11) is 0. The fraction of sp³-hybridized carbons (Fsp3) is 0.500. The molecule has 0 radical (unpaired) electrons. The Morgan fingerprint density at radius 3 is 2.79 bits per heavy atom. The number of aliphatic hydroxyl groups excluding tert-OH is 2. The average Bonchev–Trinajstić information content (AvgIpc) is 2.47. The molecule has 0 spiro atoms. The smallest absolute Gasteiger partial charge is 0.0991 e. The van der Waals surface area contributed by atoms with E-state index in [4.69, 9.17) is 15.1 Å². The lowest BCUT2D eigenvalue weighted by molar-refractivity contribution is -0.0618. The summed E-state index contributed by atoms with van der Waals surface area (Å²) in [6, 6.07) is 9.00. The van der Waals surface area contributed by atoms with E-state index < -0.39 is 6.10 Å². The summed E-state index contributed by atoms with van der Waals surface area (Å²) in [5.74, 6) is 0. The molecule has 1 aromatic rings. The second kappa shape index (κ2) is 6.64. The van der Waals surface area contributed by atoms with Gasteiger partial charge in [0.2, 0.25) is 0 Å². The van der Waals surface area contributed by atoms with Crippen LogP contribution in [0.5, 0.6) is 0 Å². The normalized spacial score (nSPS) is 21.8. The van der Waals surface area contributed by atoms with E-state index in [1.165, 1.54) is 0 Å². The molecule has 2 rings (SSSR count). The first kappa shape index (κ1) is 14.0. The number of β-amino-alcohol motifs (C(OH)–C–C–N with tert-alkyl or cyclic N) is 1. The van der Waals surface area contributed by atoms with Gasteiger partial charge in [-0.15, -0.1) is 0 Å². The maximum absolute atomic E-state index is 10.2. The topological polar surface area (TPSA) is 76.7 Å². The Hall–Kier alpha value is -1.45. The second-order valence-electron chi connectivity index (χ2n) is 4.68. The van der Waals surface area contributed by atoms with Gasteiger partial charge in [0.1, 0.15) is 0 Å². The van der Waals surface area contributed by atoms with Crippen molar-refractivity contribution in [2.75, 3.05) is 32.8 Å². The molecule has 0 amide bonds. The van der Waals surface area contributed by atoms with E-state index in [1.54, 1.807) is 24.3 Å². The van der Waals surface area contributed by atoms with E-state index in [0.29, 0.717) is 25.3 Å². The molecule has 5 nitrogen and oxygen atoms in total. The number of aliphatic hydroxyl groups is 2. The summed E-state index contributed by atoms with van der Waals surface area (Å²) >= 11 is 0. The molecule has 0 saturated carbocycles. The number of hydrogen-bond donors (Lipinski definition) is 2. The van der Waals surface area contributed by atoms with Gasteiger partial charge >= 0.3 is 0 Å². The molecule has 0 bridgehead atoms. The van der Waals surface area contributed by atoms with Crippen LogP contribution in [0.25, 0.3) is 0 Å². The zero-order chi connectivity index (χ0) is 13.7. The molecular weight excluding hydrogens is 244 g/mol. The highest BCUT2D eigenvalue weighted by Gasteiger charge is 2.22. The van der Waals surface area contributed by atoms with Crippen LogP contribution in [0.15, 0.2) is 24.3 Å². The number of morpholine rings is 1. The van der Waals surface area contributed by atoms with Crippen molar-refractivity contribution in [3.05, 3.63) is 35.4 Å². The van der Waals surface area contributed by atoms with Crippen LogP contribution in [0.4, 0.5) is 0 Å². The number of hydrogen-bond acceptors (Lipinski definition) is 5. The largest absolute Gasteiger partial charge is 0.394 e. The third-order valence-electron chi connectivity index (χ3n) is 3.28. The van der Waals surface area contributed by atoms with Gasteiger partial charge in [-0.25, -0.2) is 0 Å². The zero-order valence-corrected chi connectivity index (χ0v) is 10.7. The van der Waals surface area contributed by atoms with Crippen LogP contribution in [0.1, 0.15) is 17.2 Å². The summed E-state index contributed by atoms with van der Waals surface area (Å²) in [5.41, 5.74) is 1.38. The minimum atomic E-state index is -0.592. The van der Waals surface area contributed by atoms with Gasteiger partial charge in [-0.2, -0.15) is 5.26 Å². The van der Waals surface area contributed by atoms with E-state index in [1.807, 2.05) is 0 Å². The van der Waals surface area contributed by atoms with Crippen LogP contribution in [-0.4, -0.2) is 54.1 Å². The maximum atomic E-state index is 10.2. The van der Waals surface area contributed by atoms with Crippen LogP contribution in [0.3, 0.4) is 0 Å².